The van der Waals surface area contributed by atoms with Crippen molar-refractivity contribution >= 4 is 5.91 Å². The van der Waals surface area contributed by atoms with E-state index in [9.17, 15) is 4.79 Å². The molecule has 0 radical (unpaired) electrons. The molecule has 1 amide bonds. The summed E-state index contributed by atoms with van der Waals surface area (Å²) in [5.41, 5.74) is 2.75. The first-order valence-electron chi connectivity index (χ1n) is 7.51. The van der Waals surface area contributed by atoms with Crippen LogP contribution in [0.2, 0.25) is 0 Å². The molecule has 1 aromatic carbocycles. The van der Waals surface area contributed by atoms with E-state index in [1.165, 1.54) is 43.2 Å². The lowest BCUT2D eigenvalue weighted by atomic mass is 9.83. The van der Waals surface area contributed by atoms with Gasteiger partial charge in [-0.3, -0.25) is 4.79 Å². The first-order valence-corrected chi connectivity index (χ1v) is 7.51. The molecule has 2 nitrogen and oxygen atoms in total. The number of nitrogens with one attached hydrogen (secondary N) is 1. The summed E-state index contributed by atoms with van der Waals surface area (Å²) in [6.45, 7) is 2.12. The van der Waals surface area contributed by atoms with Gasteiger partial charge in [0.05, 0.1) is 0 Å². The molecule has 1 saturated carbocycles. The van der Waals surface area contributed by atoms with Crippen LogP contribution in [0.3, 0.4) is 0 Å². The zero-order valence-corrected chi connectivity index (χ0v) is 12.1. The Morgan fingerprint density at radius 3 is 2.42 bits per heavy atom. The molecule has 1 unspecified atom stereocenters. The lowest BCUT2D eigenvalue weighted by Crippen LogP contribution is -2.19. The van der Waals surface area contributed by atoms with Crippen molar-refractivity contribution < 1.29 is 4.79 Å². The van der Waals surface area contributed by atoms with Gasteiger partial charge < -0.3 is 5.32 Å². The maximum absolute atomic E-state index is 11.4. The Morgan fingerprint density at radius 2 is 1.84 bits per heavy atom. The van der Waals surface area contributed by atoms with E-state index in [1.54, 1.807) is 7.05 Å². The maximum atomic E-state index is 11.4. The predicted octanol–water partition coefficient (Wildman–Crippen LogP) is 3.97. The summed E-state index contributed by atoms with van der Waals surface area (Å²) < 4.78 is 0. The van der Waals surface area contributed by atoms with Crippen molar-refractivity contribution in [3.63, 3.8) is 0 Å². The average Bonchev–Trinajstić information content (AvgIpc) is 2.48. The van der Waals surface area contributed by atoms with Crippen molar-refractivity contribution in [2.75, 3.05) is 7.05 Å². The molecule has 2 rings (SSSR count). The van der Waals surface area contributed by atoms with E-state index in [0.29, 0.717) is 12.3 Å². The number of amides is 1. The molecule has 0 aromatic heterocycles. The highest BCUT2D eigenvalue weighted by Gasteiger charge is 2.16. The van der Waals surface area contributed by atoms with Crippen LogP contribution in [0.5, 0.6) is 0 Å². The number of carbonyl (C=O) groups excluding carboxylic acids is 1. The zero-order chi connectivity index (χ0) is 13.7. The topological polar surface area (TPSA) is 29.1 Å². The monoisotopic (exact) mass is 259 g/mol. The molecule has 0 saturated heterocycles. The molecule has 2 heteroatoms. The highest BCUT2D eigenvalue weighted by molar-refractivity contribution is 5.76. The van der Waals surface area contributed by atoms with Crippen molar-refractivity contribution in [2.24, 2.45) is 0 Å². The molecule has 104 valence electrons. The quantitative estimate of drug-likeness (QED) is 0.870. The van der Waals surface area contributed by atoms with Crippen LogP contribution >= 0.6 is 0 Å². The molecule has 0 heterocycles. The van der Waals surface area contributed by atoms with Crippen LogP contribution in [0.15, 0.2) is 24.3 Å². The Kier molecular flexibility index (Phi) is 5.00. The summed E-state index contributed by atoms with van der Waals surface area (Å²) in [4.78, 5) is 11.4. The smallest absolute Gasteiger partial charge is 0.220 e. The Bertz CT molecular complexity index is 404. The van der Waals surface area contributed by atoms with Gasteiger partial charge in [0.25, 0.3) is 0 Å². The van der Waals surface area contributed by atoms with Crippen LogP contribution in [0, 0.1) is 0 Å². The van der Waals surface area contributed by atoms with Crippen molar-refractivity contribution in [1.29, 1.82) is 0 Å². The minimum absolute atomic E-state index is 0.115. The first-order chi connectivity index (χ1) is 9.20. The van der Waals surface area contributed by atoms with Gasteiger partial charge in [-0.25, -0.2) is 0 Å². The number of benzene rings is 1. The van der Waals surface area contributed by atoms with Crippen LogP contribution in [-0.2, 0) is 4.79 Å². The molecule has 1 aliphatic carbocycles. The van der Waals surface area contributed by atoms with Crippen molar-refractivity contribution in [3.8, 4) is 0 Å². The molecule has 1 atom stereocenters. The highest BCUT2D eigenvalue weighted by Crippen LogP contribution is 2.33. The second-order valence-corrected chi connectivity index (χ2v) is 5.78. The van der Waals surface area contributed by atoms with E-state index in [-0.39, 0.29) is 5.91 Å². The van der Waals surface area contributed by atoms with Crippen molar-refractivity contribution in [2.45, 2.75) is 57.3 Å². The Balaban J connectivity index is 1.99. The third-order valence-electron chi connectivity index (χ3n) is 4.35. The lowest BCUT2D eigenvalue weighted by Gasteiger charge is -2.22. The van der Waals surface area contributed by atoms with Gasteiger partial charge in [0.2, 0.25) is 5.91 Å². The molecular weight excluding hydrogens is 234 g/mol. The van der Waals surface area contributed by atoms with Gasteiger partial charge in [-0.1, -0.05) is 50.5 Å². The fraction of sp³-hybridized carbons (Fsp3) is 0.588. The van der Waals surface area contributed by atoms with E-state index in [2.05, 4.69) is 36.5 Å². The largest absolute Gasteiger partial charge is 0.359 e. The van der Waals surface area contributed by atoms with Gasteiger partial charge >= 0.3 is 0 Å². The normalized spacial score (nSPS) is 18.0. The minimum atomic E-state index is 0.115. The summed E-state index contributed by atoms with van der Waals surface area (Å²) in [5, 5.41) is 2.69. The molecule has 0 bridgehead atoms. The van der Waals surface area contributed by atoms with Gasteiger partial charge in [-0.15, -0.1) is 0 Å². The van der Waals surface area contributed by atoms with E-state index in [0.717, 1.165) is 5.92 Å². The van der Waals surface area contributed by atoms with Gasteiger partial charge in [0.15, 0.2) is 0 Å². The summed E-state index contributed by atoms with van der Waals surface area (Å²) >= 11 is 0. The summed E-state index contributed by atoms with van der Waals surface area (Å²) in [6.07, 6.45) is 7.40. The van der Waals surface area contributed by atoms with E-state index in [4.69, 9.17) is 0 Å². The fourth-order valence-electron chi connectivity index (χ4n) is 3.03. The molecule has 0 aliphatic heterocycles. The average molecular weight is 259 g/mol. The Morgan fingerprint density at radius 1 is 1.21 bits per heavy atom. The van der Waals surface area contributed by atoms with Crippen molar-refractivity contribution in [3.05, 3.63) is 35.4 Å². The van der Waals surface area contributed by atoms with Gasteiger partial charge in [-0.2, -0.15) is 0 Å². The first kappa shape index (κ1) is 14.1. The van der Waals surface area contributed by atoms with Gasteiger partial charge in [0, 0.05) is 13.5 Å². The molecule has 1 fully saturated rings. The number of hydrogen-bond donors (Lipinski definition) is 1. The molecular formula is C17H25NO. The molecule has 1 aliphatic rings. The molecule has 1 aromatic rings. The van der Waals surface area contributed by atoms with E-state index in [1.807, 2.05) is 0 Å². The number of carbonyl (C=O) groups is 1. The lowest BCUT2D eigenvalue weighted by molar-refractivity contribution is -0.120. The second kappa shape index (κ2) is 6.74. The second-order valence-electron chi connectivity index (χ2n) is 5.78. The predicted molar refractivity (Wildman–Crippen MR) is 79.4 cm³/mol. The SMILES string of the molecule is CNC(=O)CC(C)c1ccc(C2CCCCC2)cc1. The van der Waals surface area contributed by atoms with Crippen LogP contribution in [-0.4, -0.2) is 13.0 Å². The summed E-state index contributed by atoms with van der Waals surface area (Å²) in [5.74, 6) is 1.17. The number of hydrogen-bond acceptors (Lipinski definition) is 1. The van der Waals surface area contributed by atoms with Gasteiger partial charge in [-0.05, 0) is 35.8 Å². The van der Waals surface area contributed by atoms with Crippen LogP contribution in [0.25, 0.3) is 0 Å². The summed E-state index contributed by atoms with van der Waals surface area (Å²) in [7, 11) is 1.70. The maximum Gasteiger partial charge on any atom is 0.220 e. The summed E-state index contributed by atoms with van der Waals surface area (Å²) in [6, 6.07) is 8.95. The Hall–Kier alpha value is -1.31. The van der Waals surface area contributed by atoms with Crippen LogP contribution in [0.4, 0.5) is 0 Å². The third-order valence-corrected chi connectivity index (χ3v) is 4.35. The van der Waals surface area contributed by atoms with Crippen LogP contribution < -0.4 is 5.32 Å². The van der Waals surface area contributed by atoms with Crippen molar-refractivity contribution in [1.82, 2.24) is 5.32 Å². The Labute approximate surface area is 116 Å². The zero-order valence-electron chi connectivity index (χ0n) is 12.1. The fourth-order valence-corrected chi connectivity index (χ4v) is 3.03. The third kappa shape index (κ3) is 3.82. The van der Waals surface area contributed by atoms with Crippen LogP contribution in [0.1, 0.15) is 68.4 Å². The molecule has 0 spiro atoms. The van der Waals surface area contributed by atoms with E-state index < -0.39 is 0 Å². The molecule has 1 N–H and O–H groups in total. The standard InChI is InChI=1S/C17H25NO/c1-13(12-17(19)18-2)14-8-10-16(11-9-14)15-6-4-3-5-7-15/h8-11,13,15H,3-7,12H2,1-2H3,(H,18,19). The molecule has 19 heavy (non-hydrogen) atoms. The van der Waals surface area contributed by atoms with Gasteiger partial charge in [0.1, 0.15) is 0 Å². The number of rotatable bonds is 4. The van der Waals surface area contributed by atoms with E-state index >= 15 is 0 Å². The highest BCUT2D eigenvalue weighted by atomic mass is 16.1. The minimum Gasteiger partial charge on any atom is -0.359 e.